The van der Waals surface area contributed by atoms with Crippen LogP contribution in [0.15, 0.2) is 47.2 Å². The summed E-state index contributed by atoms with van der Waals surface area (Å²) < 4.78 is 0. The van der Waals surface area contributed by atoms with Crippen molar-refractivity contribution in [3.05, 3.63) is 47.2 Å². The number of benzene rings is 1. The summed E-state index contributed by atoms with van der Waals surface area (Å²) in [5.74, 6) is 0. The topological polar surface area (TPSA) is 0 Å². The largest absolute Gasteiger partial charge is 0.152 e. The molecule has 1 heteroatoms. The number of thiophene rings is 1. The molecule has 0 fully saturated rings. The molecule has 0 aliphatic rings. The van der Waals surface area contributed by atoms with Crippen molar-refractivity contribution >= 4 is 11.3 Å². The number of hydrogen-bond acceptors (Lipinski definition) is 1. The Morgan fingerprint density at radius 1 is 0.846 bits per heavy atom. The lowest BCUT2D eigenvalue weighted by molar-refractivity contribution is 1.50. The highest BCUT2D eigenvalue weighted by Gasteiger charge is 1.93. The third-order valence-corrected chi connectivity index (χ3v) is 2.31. The second kappa shape index (κ2) is 5.55. The highest BCUT2D eigenvalue weighted by Crippen LogP contribution is 2.20. The fourth-order valence-corrected chi connectivity index (χ4v) is 1.72. The van der Waals surface area contributed by atoms with E-state index in [2.05, 4.69) is 41.1 Å². The zero-order valence-corrected chi connectivity index (χ0v) is 8.84. The third-order valence-electron chi connectivity index (χ3n) is 1.63. The van der Waals surface area contributed by atoms with Crippen molar-refractivity contribution in [3.8, 4) is 11.1 Å². The molecule has 68 valence electrons. The zero-order chi connectivity index (χ0) is 9.52. The molecule has 0 amide bonds. The average molecular weight is 190 g/mol. The van der Waals surface area contributed by atoms with E-state index in [1.54, 1.807) is 11.3 Å². The molecule has 13 heavy (non-hydrogen) atoms. The van der Waals surface area contributed by atoms with Gasteiger partial charge in [0, 0.05) is 0 Å². The Kier molecular flexibility index (Phi) is 4.27. The molecule has 0 spiro atoms. The summed E-state index contributed by atoms with van der Waals surface area (Å²) in [6.45, 7) is 4.00. The molecule has 0 atom stereocenters. The van der Waals surface area contributed by atoms with Gasteiger partial charge in [0.1, 0.15) is 0 Å². The molecule has 0 aliphatic heterocycles. The van der Waals surface area contributed by atoms with Gasteiger partial charge in [0.15, 0.2) is 0 Å². The van der Waals surface area contributed by atoms with Gasteiger partial charge in [0.2, 0.25) is 0 Å². The minimum Gasteiger partial charge on any atom is -0.152 e. The molecule has 0 saturated carbocycles. The molecule has 1 aromatic carbocycles. The number of rotatable bonds is 1. The van der Waals surface area contributed by atoms with E-state index in [-0.39, 0.29) is 0 Å². The van der Waals surface area contributed by atoms with Crippen LogP contribution in [0.25, 0.3) is 11.1 Å². The number of hydrogen-bond donors (Lipinski definition) is 0. The fraction of sp³-hybridized carbons (Fsp3) is 0.167. The van der Waals surface area contributed by atoms with Crippen LogP contribution < -0.4 is 0 Å². The predicted molar refractivity (Wildman–Crippen MR) is 61.1 cm³/mol. The minimum atomic E-state index is 1.30. The molecule has 0 nitrogen and oxygen atoms in total. The van der Waals surface area contributed by atoms with Gasteiger partial charge in [-0.25, -0.2) is 0 Å². The van der Waals surface area contributed by atoms with Crippen molar-refractivity contribution in [2.24, 2.45) is 0 Å². The van der Waals surface area contributed by atoms with Crippen molar-refractivity contribution in [2.45, 2.75) is 13.8 Å². The molecule has 0 radical (unpaired) electrons. The fourth-order valence-electron chi connectivity index (χ4n) is 1.06. The van der Waals surface area contributed by atoms with E-state index in [0.29, 0.717) is 0 Å². The Morgan fingerprint density at radius 3 is 2.08 bits per heavy atom. The monoisotopic (exact) mass is 190 g/mol. The van der Waals surface area contributed by atoms with Crippen molar-refractivity contribution in [2.75, 3.05) is 0 Å². The lowest BCUT2D eigenvalue weighted by Gasteiger charge is -1.93. The van der Waals surface area contributed by atoms with Gasteiger partial charge < -0.3 is 0 Å². The Morgan fingerprint density at radius 2 is 1.54 bits per heavy atom. The van der Waals surface area contributed by atoms with Gasteiger partial charge in [-0.15, -0.1) is 0 Å². The summed E-state index contributed by atoms with van der Waals surface area (Å²) in [5.41, 5.74) is 2.62. The van der Waals surface area contributed by atoms with E-state index in [0.717, 1.165) is 0 Å². The maximum Gasteiger partial charge on any atom is -0.00147 e. The normalized spacial score (nSPS) is 8.77. The SMILES string of the molecule is CC.c1ccc(-c2ccsc2)cc1. The Labute approximate surface area is 83.9 Å². The first-order valence-corrected chi connectivity index (χ1v) is 5.49. The highest BCUT2D eigenvalue weighted by atomic mass is 32.1. The van der Waals surface area contributed by atoms with Crippen LogP contribution in [0.1, 0.15) is 13.8 Å². The van der Waals surface area contributed by atoms with E-state index in [1.807, 2.05) is 19.9 Å². The molecule has 0 aliphatic carbocycles. The van der Waals surface area contributed by atoms with Crippen LogP contribution >= 0.6 is 11.3 Å². The summed E-state index contributed by atoms with van der Waals surface area (Å²) in [7, 11) is 0. The Hall–Kier alpha value is -1.08. The first-order chi connectivity index (χ1) is 6.47. The van der Waals surface area contributed by atoms with Crippen LogP contribution in [0.5, 0.6) is 0 Å². The van der Waals surface area contributed by atoms with Crippen molar-refractivity contribution in [1.29, 1.82) is 0 Å². The van der Waals surface area contributed by atoms with E-state index in [4.69, 9.17) is 0 Å². The Bertz CT molecular complexity index is 308. The van der Waals surface area contributed by atoms with Gasteiger partial charge >= 0.3 is 0 Å². The van der Waals surface area contributed by atoms with Crippen molar-refractivity contribution in [1.82, 2.24) is 0 Å². The van der Waals surface area contributed by atoms with Crippen LogP contribution in [0.3, 0.4) is 0 Å². The first kappa shape index (κ1) is 10.0. The third kappa shape index (κ3) is 2.71. The van der Waals surface area contributed by atoms with E-state index < -0.39 is 0 Å². The maximum absolute atomic E-state index is 2.16. The summed E-state index contributed by atoms with van der Waals surface area (Å²) >= 11 is 1.73. The summed E-state index contributed by atoms with van der Waals surface area (Å²) in [6.07, 6.45) is 0. The predicted octanol–water partition coefficient (Wildman–Crippen LogP) is 4.44. The molecule has 1 heterocycles. The molecular weight excluding hydrogens is 176 g/mol. The lowest BCUT2D eigenvalue weighted by Crippen LogP contribution is -1.68. The average Bonchev–Trinajstić information content (AvgIpc) is 2.75. The molecule has 1 aromatic heterocycles. The molecular formula is C12H14S. The lowest BCUT2D eigenvalue weighted by atomic mass is 10.1. The van der Waals surface area contributed by atoms with Crippen molar-refractivity contribution in [3.63, 3.8) is 0 Å². The maximum atomic E-state index is 2.16. The summed E-state index contributed by atoms with van der Waals surface area (Å²) in [4.78, 5) is 0. The minimum absolute atomic E-state index is 1.30. The van der Waals surface area contributed by atoms with Crippen LogP contribution in [-0.4, -0.2) is 0 Å². The van der Waals surface area contributed by atoms with Gasteiger partial charge in [-0.05, 0) is 28.0 Å². The van der Waals surface area contributed by atoms with E-state index in [1.165, 1.54) is 11.1 Å². The summed E-state index contributed by atoms with van der Waals surface area (Å²) in [5, 5.41) is 4.26. The molecule has 2 rings (SSSR count). The second-order valence-electron chi connectivity index (χ2n) is 2.38. The molecule has 2 aromatic rings. The van der Waals surface area contributed by atoms with Gasteiger partial charge in [-0.3, -0.25) is 0 Å². The molecule has 0 saturated heterocycles. The summed E-state index contributed by atoms with van der Waals surface area (Å²) in [6, 6.07) is 12.6. The van der Waals surface area contributed by atoms with Gasteiger partial charge in [0.05, 0.1) is 0 Å². The zero-order valence-electron chi connectivity index (χ0n) is 8.03. The van der Waals surface area contributed by atoms with Gasteiger partial charge in [-0.1, -0.05) is 44.2 Å². The first-order valence-electron chi connectivity index (χ1n) is 4.54. The van der Waals surface area contributed by atoms with Crippen LogP contribution in [0.4, 0.5) is 0 Å². The molecule has 0 unspecified atom stereocenters. The van der Waals surface area contributed by atoms with Crippen LogP contribution in [-0.2, 0) is 0 Å². The van der Waals surface area contributed by atoms with Crippen LogP contribution in [0.2, 0.25) is 0 Å². The van der Waals surface area contributed by atoms with Gasteiger partial charge in [-0.2, -0.15) is 11.3 Å². The quantitative estimate of drug-likeness (QED) is 0.623. The highest BCUT2D eigenvalue weighted by molar-refractivity contribution is 7.08. The van der Waals surface area contributed by atoms with Crippen molar-refractivity contribution < 1.29 is 0 Å². The van der Waals surface area contributed by atoms with E-state index in [9.17, 15) is 0 Å². The molecule has 0 bridgehead atoms. The standard InChI is InChI=1S/C10H8S.C2H6/c1-2-4-9(5-3-1)10-6-7-11-8-10;1-2/h1-8H;1-2H3. The van der Waals surface area contributed by atoms with Gasteiger partial charge in [0.25, 0.3) is 0 Å². The Balaban J connectivity index is 0.000000396. The van der Waals surface area contributed by atoms with E-state index >= 15 is 0 Å². The smallest absolute Gasteiger partial charge is 0.00147 e. The van der Waals surface area contributed by atoms with Crippen LogP contribution in [0, 0.1) is 0 Å². The second-order valence-corrected chi connectivity index (χ2v) is 3.16. The molecule has 0 N–H and O–H groups in total.